The summed E-state index contributed by atoms with van der Waals surface area (Å²) >= 11 is 0. The van der Waals surface area contributed by atoms with Crippen LogP contribution < -0.4 is 0 Å². The van der Waals surface area contributed by atoms with Gasteiger partial charge in [-0.1, -0.05) is 0 Å². The minimum atomic E-state index is 0. The van der Waals surface area contributed by atoms with E-state index in [1.807, 2.05) is 0 Å². The lowest BCUT2D eigenvalue weighted by atomic mass is 10.2. The third kappa shape index (κ3) is 2.46. The third-order valence-electron chi connectivity index (χ3n) is 2.20. The summed E-state index contributed by atoms with van der Waals surface area (Å²) in [4.78, 5) is 5.08. The topological polar surface area (TPSA) is 6.48 Å². The number of hydrogen-bond donors (Lipinski definition) is 0. The van der Waals surface area contributed by atoms with E-state index in [4.69, 9.17) is 0 Å². The summed E-state index contributed by atoms with van der Waals surface area (Å²) in [7, 11) is 0. The number of hydrogen-bond acceptors (Lipinski definition) is 2. The average Bonchev–Trinajstić information content (AvgIpc) is 1.92. The zero-order valence-corrected chi connectivity index (χ0v) is 10.6. The van der Waals surface area contributed by atoms with Crippen LogP contribution in [0.15, 0.2) is 0 Å². The van der Waals surface area contributed by atoms with Crippen molar-refractivity contribution in [2.45, 2.75) is 0 Å². The van der Waals surface area contributed by atoms with E-state index in [1.165, 1.54) is 39.3 Å². The lowest BCUT2D eigenvalue weighted by molar-refractivity contribution is 0.0647. The summed E-state index contributed by atoms with van der Waals surface area (Å²) in [6.45, 7) is 7.92. The molecule has 0 radical (unpaired) electrons. The highest BCUT2D eigenvalue weighted by Gasteiger charge is 2.21. The van der Waals surface area contributed by atoms with E-state index < -0.39 is 0 Å². The van der Waals surface area contributed by atoms with E-state index >= 15 is 0 Å². The van der Waals surface area contributed by atoms with Crippen molar-refractivity contribution in [3.8, 4) is 0 Å². The molecule has 3 fully saturated rings. The minimum absolute atomic E-state index is 0. The van der Waals surface area contributed by atoms with Crippen LogP contribution in [0.25, 0.3) is 0 Å². The molecule has 3 aliphatic heterocycles. The Kier molecular flexibility index (Phi) is 5.81. The standard InChI is InChI=1S/C6H12N2.2HI/c1-2-8-5-3-7(1)4-6-8;;/h1-6H2;2*1H. The van der Waals surface area contributed by atoms with Crippen LogP contribution in [0.4, 0.5) is 0 Å². The summed E-state index contributed by atoms with van der Waals surface area (Å²) in [5, 5.41) is 0. The molecule has 0 unspecified atom stereocenters. The molecule has 0 aromatic rings. The Morgan fingerprint density at radius 2 is 0.700 bits per heavy atom. The molecule has 0 aromatic heterocycles. The van der Waals surface area contributed by atoms with Crippen LogP contribution in [-0.2, 0) is 0 Å². The van der Waals surface area contributed by atoms with Crippen molar-refractivity contribution in [2.24, 2.45) is 0 Å². The zero-order chi connectivity index (χ0) is 5.40. The van der Waals surface area contributed by atoms with Crippen molar-refractivity contribution in [1.82, 2.24) is 9.80 Å². The molecule has 4 heteroatoms. The van der Waals surface area contributed by atoms with E-state index in [2.05, 4.69) is 9.80 Å². The van der Waals surface area contributed by atoms with Gasteiger partial charge in [0.1, 0.15) is 0 Å². The molecule has 2 nitrogen and oxygen atoms in total. The Morgan fingerprint density at radius 3 is 0.800 bits per heavy atom. The first kappa shape index (κ1) is 11.4. The molecule has 2 bridgehead atoms. The lowest BCUT2D eigenvalue weighted by Gasteiger charge is -2.41. The first-order valence-corrected chi connectivity index (χ1v) is 3.40. The van der Waals surface area contributed by atoms with E-state index in [0.29, 0.717) is 0 Å². The molecular weight excluding hydrogens is 354 g/mol. The van der Waals surface area contributed by atoms with Gasteiger partial charge >= 0.3 is 0 Å². The lowest BCUT2D eigenvalue weighted by Crippen LogP contribution is -2.55. The molecule has 0 aliphatic carbocycles. The van der Waals surface area contributed by atoms with Gasteiger partial charge in [-0.2, -0.15) is 0 Å². The first-order valence-electron chi connectivity index (χ1n) is 3.40. The third-order valence-corrected chi connectivity index (χ3v) is 2.20. The van der Waals surface area contributed by atoms with E-state index in [9.17, 15) is 0 Å². The SMILES string of the molecule is C1CN2CCN1CC2.I.I. The summed E-state index contributed by atoms with van der Waals surface area (Å²) in [6.07, 6.45) is 0. The van der Waals surface area contributed by atoms with E-state index in [1.54, 1.807) is 0 Å². The largest absolute Gasteiger partial charge is 0.300 e. The van der Waals surface area contributed by atoms with Crippen molar-refractivity contribution in [3.05, 3.63) is 0 Å². The quantitative estimate of drug-likeness (QED) is 0.586. The molecule has 10 heavy (non-hydrogen) atoms. The fourth-order valence-corrected chi connectivity index (χ4v) is 1.52. The monoisotopic (exact) mass is 368 g/mol. The summed E-state index contributed by atoms with van der Waals surface area (Å²) < 4.78 is 0. The van der Waals surface area contributed by atoms with Crippen LogP contribution in [0.5, 0.6) is 0 Å². The summed E-state index contributed by atoms with van der Waals surface area (Å²) in [5.74, 6) is 0. The van der Waals surface area contributed by atoms with E-state index in [-0.39, 0.29) is 48.0 Å². The van der Waals surface area contributed by atoms with Gasteiger partial charge in [0.2, 0.25) is 0 Å². The average molecular weight is 368 g/mol. The van der Waals surface area contributed by atoms with Gasteiger partial charge in [-0.3, -0.25) is 9.80 Å². The zero-order valence-electron chi connectivity index (χ0n) is 5.95. The van der Waals surface area contributed by atoms with Gasteiger partial charge in [0, 0.05) is 39.3 Å². The van der Waals surface area contributed by atoms with Crippen LogP contribution >= 0.6 is 48.0 Å². The summed E-state index contributed by atoms with van der Waals surface area (Å²) in [5.41, 5.74) is 0. The number of nitrogens with zero attached hydrogens (tertiary/aromatic N) is 2. The fraction of sp³-hybridized carbons (Fsp3) is 1.00. The highest BCUT2D eigenvalue weighted by atomic mass is 127. The molecule has 0 N–H and O–H groups in total. The van der Waals surface area contributed by atoms with E-state index in [0.717, 1.165) is 0 Å². The van der Waals surface area contributed by atoms with Crippen molar-refractivity contribution in [2.75, 3.05) is 39.3 Å². The number of fused-ring (bicyclic) bond motifs is 3. The molecule has 3 rings (SSSR count). The smallest absolute Gasteiger partial charge is 0.0110 e. The Bertz CT molecular complexity index is 68.7. The number of rotatable bonds is 0. The Labute approximate surface area is 96.4 Å². The summed E-state index contributed by atoms with van der Waals surface area (Å²) in [6, 6.07) is 0. The van der Waals surface area contributed by atoms with Crippen LogP contribution in [0.1, 0.15) is 0 Å². The second kappa shape index (κ2) is 5.10. The molecule has 0 spiro atoms. The highest BCUT2D eigenvalue weighted by Crippen LogP contribution is 2.06. The Hall–Kier alpha value is 1.38. The van der Waals surface area contributed by atoms with Gasteiger partial charge in [-0.05, 0) is 0 Å². The van der Waals surface area contributed by atoms with Crippen LogP contribution in [-0.4, -0.2) is 49.1 Å². The molecule has 0 atom stereocenters. The van der Waals surface area contributed by atoms with Crippen molar-refractivity contribution in [3.63, 3.8) is 0 Å². The van der Waals surface area contributed by atoms with Crippen molar-refractivity contribution >= 4 is 48.0 Å². The van der Waals surface area contributed by atoms with Gasteiger partial charge in [0.25, 0.3) is 0 Å². The molecule has 0 saturated carbocycles. The fourth-order valence-electron chi connectivity index (χ4n) is 1.52. The molecule has 0 amide bonds. The van der Waals surface area contributed by atoms with Gasteiger partial charge in [0.15, 0.2) is 0 Å². The molecular formula is C6H14I2N2. The predicted molar refractivity (Wildman–Crippen MR) is 63.7 cm³/mol. The highest BCUT2D eigenvalue weighted by molar-refractivity contribution is 14.0. The van der Waals surface area contributed by atoms with Gasteiger partial charge in [-0.15, -0.1) is 48.0 Å². The van der Waals surface area contributed by atoms with Gasteiger partial charge in [-0.25, -0.2) is 0 Å². The van der Waals surface area contributed by atoms with Crippen LogP contribution in [0.2, 0.25) is 0 Å². The first-order chi connectivity index (χ1) is 3.95. The molecule has 3 aliphatic rings. The molecule has 0 aromatic carbocycles. The van der Waals surface area contributed by atoms with Crippen molar-refractivity contribution < 1.29 is 0 Å². The number of piperazine rings is 3. The molecule has 3 saturated heterocycles. The maximum atomic E-state index is 2.54. The van der Waals surface area contributed by atoms with Gasteiger partial charge < -0.3 is 0 Å². The van der Waals surface area contributed by atoms with Crippen LogP contribution in [0, 0.1) is 0 Å². The Balaban J connectivity index is 0.000000405. The normalized spacial score (nSPS) is 36.0. The predicted octanol–water partition coefficient (Wildman–Crippen LogP) is 0.854. The maximum Gasteiger partial charge on any atom is 0.0110 e. The molecule has 3 heterocycles. The second-order valence-electron chi connectivity index (χ2n) is 2.68. The van der Waals surface area contributed by atoms with Crippen LogP contribution in [0.3, 0.4) is 0 Å². The minimum Gasteiger partial charge on any atom is -0.300 e. The van der Waals surface area contributed by atoms with Gasteiger partial charge in [0.05, 0.1) is 0 Å². The number of halogens is 2. The Morgan fingerprint density at radius 1 is 0.500 bits per heavy atom. The maximum absolute atomic E-state index is 2.54. The van der Waals surface area contributed by atoms with Crippen molar-refractivity contribution in [1.29, 1.82) is 0 Å². The molecule has 62 valence electrons. The second-order valence-corrected chi connectivity index (χ2v) is 2.68.